The first-order valence-electron chi connectivity index (χ1n) is 14.1. The quantitative estimate of drug-likeness (QED) is 0.264. The monoisotopic (exact) mass is 563 g/mol. The van der Waals surface area contributed by atoms with E-state index in [1.54, 1.807) is 25.7 Å². The van der Waals surface area contributed by atoms with Gasteiger partial charge in [-0.2, -0.15) is 0 Å². The molecule has 3 rings (SSSR count). The predicted octanol–water partition coefficient (Wildman–Crippen LogP) is 4.17. The van der Waals surface area contributed by atoms with E-state index in [4.69, 9.17) is 14.2 Å². The Bertz CT molecular complexity index is 1230. The first-order valence-corrected chi connectivity index (χ1v) is 14.1. The lowest BCUT2D eigenvalue weighted by Gasteiger charge is -2.26. The Kier molecular flexibility index (Phi) is 12.7. The number of carbonyl (C=O) groups is 3. The van der Waals surface area contributed by atoms with Gasteiger partial charge in [0.2, 0.25) is 11.8 Å². The molecule has 9 nitrogen and oxygen atoms in total. The molecule has 0 bridgehead atoms. The van der Waals surface area contributed by atoms with Gasteiger partial charge in [-0.15, -0.1) is 0 Å². The maximum absolute atomic E-state index is 13.2. The first-order chi connectivity index (χ1) is 19.7. The van der Waals surface area contributed by atoms with Crippen LogP contribution in [0.2, 0.25) is 0 Å². The Balaban J connectivity index is 1.26. The summed E-state index contributed by atoms with van der Waals surface area (Å²) >= 11 is 0. The number of para-hydroxylation sites is 1. The Labute approximate surface area is 242 Å². The van der Waals surface area contributed by atoms with Crippen molar-refractivity contribution >= 4 is 23.6 Å². The van der Waals surface area contributed by atoms with Crippen LogP contribution in [0.5, 0.6) is 0 Å². The van der Waals surface area contributed by atoms with Crippen LogP contribution in [0.4, 0.5) is 10.5 Å². The van der Waals surface area contributed by atoms with Crippen LogP contribution in [0.25, 0.3) is 0 Å². The van der Waals surface area contributed by atoms with Gasteiger partial charge < -0.3 is 29.7 Å². The van der Waals surface area contributed by atoms with E-state index in [0.717, 1.165) is 22.4 Å². The van der Waals surface area contributed by atoms with Crippen molar-refractivity contribution in [3.8, 4) is 11.8 Å². The van der Waals surface area contributed by atoms with Gasteiger partial charge in [-0.25, -0.2) is 4.79 Å². The van der Waals surface area contributed by atoms with Crippen LogP contribution >= 0.6 is 0 Å². The average Bonchev–Trinajstić information content (AvgIpc) is 2.92. The first kappa shape index (κ1) is 31.7. The van der Waals surface area contributed by atoms with Crippen LogP contribution in [0.3, 0.4) is 0 Å². The highest BCUT2D eigenvalue weighted by Gasteiger charge is 2.21. The molecule has 0 saturated carbocycles. The minimum Gasteiger partial charge on any atom is -0.444 e. The summed E-state index contributed by atoms with van der Waals surface area (Å²) in [6.45, 7) is 8.15. The second-order valence-electron chi connectivity index (χ2n) is 10.6. The molecule has 0 atom stereocenters. The van der Waals surface area contributed by atoms with Crippen molar-refractivity contribution in [2.24, 2.45) is 0 Å². The molecule has 2 aromatic rings. The van der Waals surface area contributed by atoms with Gasteiger partial charge in [0.1, 0.15) is 5.60 Å². The van der Waals surface area contributed by atoms with Crippen molar-refractivity contribution in [3.05, 3.63) is 65.2 Å². The molecule has 0 radical (unpaired) electrons. The lowest BCUT2D eigenvalue weighted by molar-refractivity contribution is -0.122. The van der Waals surface area contributed by atoms with Gasteiger partial charge >= 0.3 is 6.09 Å². The molecule has 9 heteroatoms. The molecular formula is C32H41N3O6. The van der Waals surface area contributed by atoms with Crippen LogP contribution < -0.4 is 15.5 Å². The number of nitrogens with one attached hydrogen (secondary N) is 2. The molecule has 0 unspecified atom stereocenters. The second-order valence-corrected chi connectivity index (χ2v) is 10.6. The third kappa shape index (κ3) is 11.6. The SMILES string of the molecule is CC(C)(C)OC(=O)NCCOCCOCCNC(=O)CCCCC(=O)N1Cc2ccccc2C#Cc2ccccc21. The van der Waals surface area contributed by atoms with Crippen LogP contribution in [0, 0.1) is 11.8 Å². The zero-order chi connectivity index (χ0) is 29.5. The van der Waals surface area contributed by atoms with Gasteiger partial charge in [0, 0.05) is 37.1 Å². The van der Waals surface area contributed by atoms with Gasteiger partial charge in [-0.05, 0) is 57.4 Å². The average molecular weight is 564 g/mol. The summed E-state index contributed by atoms with van der Waals surface area (Å²) in [6.07, 6.45) is 1.48. The number of unbranched alkanes of at least 4 members (excludes halogenated alkanes) is 1. The number of rotatable bonds is 14. The van der Waals surface area contributed by atoms with E-state index in [1.807, 2.05) is 48.5 Å². The van der Waals surface area contributed by atoms with Gasteiger partial charge in [0.05, 0.1) is 38.7 Å². The van der Waals surface area contributed by atoms with Gasteiger partial charge in [-0.3, -0.25) is 9.59 Å². The highest BCUT2D eigenvalue weighted by molar-refractivity contribution is 5.95. The number of hydrogen-bond acceptors (Lipinski definition) is 6. The summed E-state index contributed by atoms with van der Waals surface area (Å²) in [5, 5.41) is 5.46. The van der Waals surface area contributed by atoms with E-state index in [2.05, 4.69) is 22.5 Å². The predicted molar refractivity (Wildman–Crippen MR) is 157 cm³/mol. The highest BCUT2D eigenvalue weighted by Crippen LogP contribution is 2.26. The Hall–Kier alpha value is -3.87. The largest absolute Gasteiger partial charge is 0.444 e. The molecule has 0 spiro atoms. The van der Waals surface area contributed by atoms with Crippen LogP contribution in [-0.2, 0) is 30.3 Å². The molecule has 2 aromatic carbocycles. The summed E-state index contributed by atoms with van der Waals surface area (Å²) in [5.41, 5.74) is 3.07. The van der Waals surface area contributed by atoms with E-state index in [9.17, 15) is 14.4 Å². The third-order valence-electron chi connectivity index (χ3n) is 6.07. The maximum Gasteiger partial charge on any atom is 0.407 e. The van der Waals surface area contributed by atoms with Crippen molar-refractivity contribution in [2.75, 3.05) is 44.4 Å². The number of benzene rings is 2. The van der Waals surface area contributed by atoms with E-state index in [0.29, 0.717) is 71.7 Å². The summed E-state index contributed by atoms with van der Waals surface area (Å²) in [5.74, 6) is 6.40. The molecule has 220 valence electrons. The fourth-order valence-corrected chi connectivity index (χ4v) is 4.12. The Morgan fingerprint density at radius 1 is 0.805 bits per heavy atom. The fourth-order valence-electron chi connectivity index (χ4n) is 4.12. The summed E-state index contributed by atoms with van der Waals surface area (Å²) in [6, 6.07) is 15.6. The van der Waals surface area contributed by atoms with Crippen molar-refractivity contribution in [2.45, 2.75) is 58.6 Å². The van der Waals surface area contributed by atoms with Crippen LogP contribution in [-0.4, -0.2) is 63.0 Å². The van der Waals surface area contributed by atoms with Gasteiger partial charge in [0.15, 0.2) is 0 Å². The van der Waals surface area contributed by atoms with E-state index < -0.39 is 11.7 Å². The van der Waals surface area contributed by atoms with Crippen molar-refractivity contribution in [1.29, 1.82) is 0 Å². The van der Waals surface area contributed by atoms with Crippen molar-refractivity contribution < 1.29 is 28.6 Å². The number of carbonyl (C=O) groups excluding carboxylic acids is 3. The van der Waals surface area contributed by atoms with E-state index in [1.165, 1.54) is 0 Å². The topological polar surface area (TPSA) is 106 Å². The second kappa shape index (κ2) is 16.4. The zero-order valence-corrected chi connectivity index (χ0v) is 24.3. The molecule has 1 heterocycles. The van der Waals surface area contributed by atoms with Crippen molar-refractivity contribution in [3.63, 3.8) is 0 Å². The molecule has 0 aliphatic carbocycles. The number of amides is 3. The number of nitrogens with zero attached hydrogens (tertiary/aromatic N) is 1. The molecule has 41 heavy (non-hydrogen) atoms. The lowest BCUT2D eigenvalue weighted by atomic mass is 10.0. The van der Waals surface area contributed by atoms with Gasteiger partial charge in [0.25, 0.3) is 0 Å². The number of ether oxygens (including phenoxy) is 3. The molecule has 0 aromatic heterocycles. The molecule has 3 amide bonds. The summed E-state index contributed by atoms with van der Waals surface area (Å²) in [7, 11) is 0. The summed E-state index contributed by atoms with van der Waals surface area (Å²) in [4.78, 5) is 38.8. The van der Waals surface area contributed by atoms with Crippen LogP contribution in [0.15, 0.2) is 48.5 Å². The number of hydrogen-bond donors (Lipinski definition) is 2. The van der Waals surface area contributed by atoms with E-state index in [-0.39, 0.29) is 11.8 Å². The molecule has 0 saturated heterocycles. The van der Waals surface area contributed by atoms with Crippen molar-refractivity contribution in [1.82, 2.24) is 10.6 Å². The minimum atomic E-state index is -0.531. The Morgan fingerprint density at radius 2 is 1.41 bits per heavy atom. The molecule has 0 fully saturated rings. The van der Waals surface area contributed by atoms with Crippen LogP contribution in [0.1, 0.15) is 63.1 Å². The zero-order valence-electron chi connectivity index (χ0n) is 24.3. The fraction of sp³-hybridized carbons (Fsp3) is 0.469. The summed E-state index contributed by atoms with van der Waals surface area (Å²) < 4.78 is 16.0. The van der Waals surface area contributed by atoms with E-state index >= 15 is 0 Å². The third-order valence-corrected chi connectivity index (χ3v) is 6.07. The number of anilines is 1. The molecule has 1 aliphatic rings. The number of fused-ring (bicyclic) bond motifs is 2. The maximum atomic E-state index is 13.2. The highest BCUT2D eigenvalue weighted by atomic mass is 16.6. The molecule has 2 N–H and O–H groups in total. The van der Waals surface area contributed by atoms with Gasteiger partial charge in [-0.1, -0.05) is 42.2 Å². The smallest absolute Gasteiger partial charge is 0.407 e. The normalized spacial score (nSPS) is 12.1. The standard InChI is InChI=1S/C32H41N3O6/c1-32(2,3)41-31(38)34-19-21-40-23-22-39-20-18-33-29(36)14-8-9-15-30(37)35-24-27-12-5-4-10-25(27)16-17-26-11-6-7-13-28(26)35/h4-7,10-13H,8-9,14-15,18-24H2,1-3H3,(H,33,36)(H,34,38). The minimum absolute atomic E-state index is 0.0209. The number of alkyl carbamates (subject to hydrolysis) is 1. The Morgan fingerprint density at radius 3 is 2.15 bits per heavy atom. The molecular weight excluding hydrogens is 522 g/mol. The lowest BCUT2D eigenvalue weighted by Crippen LogP contribution is -2.34. The molecule has 1 aliphatic heterocycles.